The summed E-state index contributed by atoms with van der Waals surface area (Å²) in [6.07, 6.45) is -0.255. The molecule has 1 atom stereocenters. The Morgan fingerprint density at radius 3 is 2.22 bits per heavy atom. The molecule has 0 N–H and O–H groups in total. The first kappa shape index (κ1) is 20.6. The smallest absolute Gasteiger partial charge is 0.399 e. The third-order valence-corrected chi connectivity index (χ3v) is 6.07. The minimum atomic E-state index is -2.26. The summed E-state index contributed by atoms with van der Waals surface area (Å²) in [5, 5.41) is 0. The van der Waals surface area contributed by atoms with Gasteiger partial charge in [0.15, 0.2) is 0 Å². The normalized spacial score (nSPS) is 26.2. The Morgan fingerprint density at radius 2 is 1.67 bits per heavy atom. The standard InChI is InChI=1S/C20H31BF2N2O2/c1-5-10-20(4)19(2,3)26-21(27-20)16-6-8-17(9-7-16)25-13-11-24(12-14-25)15-18(22)23/h6-9,18H,5,10-15H2,1-4H3. The topological polar surface area (TPSA) is 24.9 Å². The summed E-state index contributed by atoms with van der Waals surface area (Å²) in [5.41, 5.74) is 1.49. The molecule has 0 saturated carbocycles. The Balaban J connectivity index is 1.62. The lowest BCUT2D eigenvalue weighted by Crippen LogP contribution is -2.47. The number of nitrogens with zero attached hydrogens (tertiary/aromatic N) is 2. The van der Waals surface area contributed by atoms with Crippen LogP contribution in [0.3, 0.4) is 0 Å². The van der Waals surface area contributed by atoms with Gasteiger partial charge in [-0.25, -0.2) is 8.78 Å². The molecule has 2 fully saturated rings. The molecule has 0 amide bonds. The van der Waals surface area contributed by atoms with Crippen molar-refractivity contribution in [3.63, 3.8) is 0 Å². The second kappa shape index (κ2) is 8.06. The van der Waals surface area contributed by atoms with Crippen LogP contribution in [0.15, 0.2) is 24.3 Å². The molecular weight excluding hydrogens is 349 g/mol. The van der Waals surface area contributed by atoms with Crippen molar-refractivity contribution in [2.24, 2.45) is 0 Å². The SMILES string of the molecule is CCCC1(C)OB(c2ccc(N3CCN(CC(F)F)CC3)cc2)OC1(C)C. The fraction of sp³-hybridized carbons (Fsp3) is 0.700. The van der Waals surface area contributed by atoms with Gasteiger partial charge in [0.25, 0.3) is 6.43 Å². The molecule has 2 aliphatic heterocycles. The van der Waals surface area contributed by atoms with Gasteiger partial charge >= 0.3 is 7.12 Å². The molecule has 1 aromatic carbocycles. The molecule has 1 unspecified atom stereocenters. The highest BCUT2D eigenvalue weighted by Crippen LogP contribution is 2.40. The van der Waals surface area contributed by atoms with Crippen LogP contribution in [-0.4, -0.2) is 62.4 Å². The minimum Gasteiger partial charge on any atom is -0.399 e. The van der Waals surface area contributed by atoms with Gasteiger partial charge in [0.1, 0.15) is 0 Å². The highest BCUT2D eigenvalue weighted by molar-refractivity contribution is 6.62. The maximum absolute atomic E-state index is 12.5. The quantitative estimate of drug-likeness (QED) is 0.708. The number of benzene rings is 1. The third-order valence-electron chi connectivity index (χ3n) is 6.07. The summed E-state index contributed by atoms with van der Waals surface area (Å²) >= 11 is 0. The van der Waals surface area contributed by atoms with Gasteiger partial charge < -0.3 is 14.2 Å². The van der Waals surface area contributed by atoms with E-state index >= 15 is 0 Å². The zero-order valence-electron chi connectivity index (χ0n) is 16.9. The van der Waals surface area contributed by atoms with E-state index in [9.17, 15) is 8.78 Å². The predicted octanol–water partition coefficient (Wildman–Crippen LogP) is 3.15. The summed E-state index contributed by atoms with van der Waals surface area (Å²) in [4.78, 5) is 4.07. The summed E-state index contributed by atoms with van der Waals surface area (Å²) in [6.45, 7) is 11.2. The van der Waals surface area contributed by atoms with Gasteiger partial charge in [-0.1, -0.05) is 25.5 Å². The number of alkyl halides is 2. The molecule has 27 heavy (non-hydrogen) atoms. The molecule has 0 bridgehead atoms. The number of halogens is 2. The molecule has 0 radical (unpaired) electrons. The Kier molecular flexibility index (Phi) is 6.13. The Hall–Kier alpha value is -1.18. The third kappa shape index (κ3) is 4.46. The van der Waals surface area contributed by atoms with Gasteiger partial charge in [0, 0.05) is 31.9 Å². The van der Waals surface area contributed by atoms with E-state index in [1.165, 1.54) is 0 Å². The van der Waals surface area contributed by atoms with Gasteiger partial charge in [-0.2, -0.15) is 0 Å². The molecule has 7 heteroatoms. The van der Waals surface area contributed by atoms with E-state index in [-0.39, 0.29) is 24.9 Å². The van der Waals surface area contributed by atoms with Crippen molar-refractivity contribution in [3.05, 3.63) is 24.3 Å². The van der Waals surface area contributed by atoms with Crippen molar-refractivity contribution >= 4 is 18.3 Å². The largest absolute Gasteiger partial charge is 0.494 e. The van der Waals surface area contributed by atoms with Crippen molar-refractivity contribution in [1.29, 1.82) is 0 Å². The molecule has 3 rings (SSSR count). The van der Waals surface area contributed by atoms with Gasteiger partial charge in [-0.3, -0.25) is 4.90 Å². The summed E-state index contributed by atoms with van der Waals surface area (Å²) < 4.78 is 37.6. The highest BCUT2D eigenvalue weighted by Gasteiger charge is 2.53. The fourth-order valence-electron chi connectivity index (χ4n) is 3.99. The Labute approximate surface area is 161 Å². The second-order valence-electron chi connectivity index (χ2n) is 8.33. The average molecular weight is 380 g/mol. The van der Waals surface area contributed by atoms with Crippen molar-refractivity contribution in [3.8, 4) is 0 Å². The number of piperazine rings is 1. The molecule has 150 valence electrons. The van der Waals surface area contributed by atoms with Crippen LogP contribution in [0.5, 0.6) is 0 Å². The molecule has 2 heterocycles. The fourth-order valence-corrected chi connectivity index (χ4v) is 3.99. The Morgan fingerprint density at radius 1 is 1.04 bits per heavy atom. The van der Waals surface area contributed by atoms with Gasteiger partial charge in [0.05, 0.1) is 17.7 Å². The van der Waals surface area contributed by atoms with Crippen LogP contribution in [0.4, 0.5) is 14.5 Å². The van der Waals surface area contributed by atoms with E-state index in [0.29, 0.717) is 13.1 Å². The molecule has 2 aliphatic rings. The first-order valence-electron chi connectivity index (χ1n) is 9.95. The van der Waals surface area contributed by atoms with Crippen LogP contribution in [0.1, 0.15) is 40.5 Å². The molecule has 0 spiro atoms. The number of hydrogen-bond donors (Lipinski definition) is 0. The van der Waals surface area contributed by atoms with Crippen molar-refractivity contribution in [1.82, 2.24) is 4.90 Å². The van der Waals surface area contributed by atoms with E-state index in [0.717, 1.165) is 37.1 Å². The van der Waals surface area contributed by atoms with Gasteiger partial charge in [-0.15, -0.1) is 0 Å². The lowest BCUT2D eigenvalue weighted by molar-refractivity contribution is -0.0159. The molecule has 0 aliphatic carbocycles. The lowest BCUT2D eigenvalue weighted by Gasteiger charge is -2.36. The van der Waals surface area contributed by atoms with Crippen molar-refractivity contribution in [2.45, 2.75) is 58.2 Å². The number of hydrogen-bond acceptors (Lipinski definition) is 4. The van der Waals surface area contributed by atoms with Crippen LogP contribution in [0.25, 0.3) is 0 Å². The summed E-state index contributed by atoms with van der Waals surface area (Å²) in [7, 11) is -0.353. The molecule has 2 saturated heterocycles. The molecule has 0 aromatic heterocycles. The zero-order valence-corrected chi connectivity index (χ0v) is 16.9. The maximum Gasteiger partial charge on any atom is 0.494 e. The highest BCUT2D eigenvalue weighted by atomic mass is 19.3. The monoisotopic (exact) mass is 380 g/mol. The van der Waals surface area contributed by atoms with Gasteiger partial charge in [-0.05, 0) is 44.8 Å². The van der Waals surface area contributed by atoms with Crippen LogP contribution < -0.4 is 10.4 Å². The molecular formula is C20H31BF2N2O2. The van der Waals surface area contributed by atoms with Crippen LogP contribution >= 0.6 is 0 Å². The van der Waals surface area contributed by atoms with Gasteiger partial charge in [0.2, 0.25) is 0 Å². The number of anilines is 1. The number of rotatable bonds is 6. The van der Waals surface area contributed by atoms with Crippen LogP contribution in [0.2, 0.25) is 0 Å². The zero-order chi connectivity index (χ0) is 19.7. The Bertz CT molecular complexity index is 621. The van der Waals surface area contributed by atoms with E-state index in [1.807, 2.05) is 4.90 Å². The average Bonchev–Trinajstić information content (AvgIpc) is 2.85. The summed E-state index contributed by atoms with van der Waals surface area (Å²) in [5.74, 6) is 0. The van der Waals surface area contributed by atoms with E-state index in [2.05, 4.69) is 56.9 Å². The summed E-state index contributed by atoms with van der Waals surface area (Å²) in [6, 6.07) is 8.26. The van der Waals surface area contributed by atoms with E-state index in [1.54, 1.807) is 0 Å². The predicted molar refractivity (Wildman–Crippen MR) is 106 cm³/mol. The van der Waals surface area contributed by atoms with Crippen LogP contribution in [-0.2, 0) is 9.31 Å². The van der Waals surface area contributed by atoms with Crippen molar-refractivity contribution < 1.29 is 18.1 Å². The van der Waals surface area contributed by atoms with E-state index in [4.69, 9.17) is 9.31 Å². The van der Waals surface area contributed by atoms with E-state index < -0.39 is 6.43 Å². The van der Waals surface area contributed by atoms with Crippen LogP contribution in [0, 0.1) is 0 Å². The molecule has 1 aromatic rings. The van der Waals surface area contributed by atoms with Crippen molar-refractivity contribution in [2.75, 3.05) is 37.6 Å². The maximum atomic E-state index is 12.5. The molecule has 4 nitrogen and oxygen atoms in total. The first-order valence-corrected chi connectivity index (χ1v) is 9.95. The minimum absolute atomic E-state index is 0.130. The first-order chi connectivity index (χ1) is 12.7. The second-order valence-corrected chi connectivity index (χ2v) is 8.33. The lowest BCUT2D eigenvalue weighted by atomic mass is 9.79.